The molecular weight excluding hydrogens is 266 g/mol. The van der Waals surface area contributed by atoms with Gasteiger partial charge in [-0.05, 0) is 25.0 Å². The maximum Gasteiger partial charge on any atom is 0.0967 e. The minimum atomic E-state index is 0.283. The van der Waals surface area contributed by atoms with E-state index in [4.69, 9.17) is 0 Å². The van der Waals surface area contributed by atoms with Crippen LogP contribution in [0.3, 0.4) is 0 Å². The number of para-hydroxylation sites is 1. The fraction of sp³-hybridized carbons (Fsp3) is 0.333. The molecule has 0 saturated carbocycles. The molecule has 3 nitrogen and oxygen atoms in total. The van der Waals surface area contributed by atoms with Crippen molar-refractivity contribution >= 4 is 15.9 Å². The van der Waals surface area contributed by atoms with Crippen molar-refractivity contribution in [3.63, 3.8) is 0 Å². The van der Waals surface area contributed by atoms with Crippen LogP contribution in [-0.2, 0) is 0 Å². The lowest BCUT2D eigenvalue weighted by Crippen LogP contribution is -1.97. The van der Waals surface area contributed by atoms with Crippen LogP contribution in [0.2, 0.25) is 0 Å². The second kappa shape index (κ2) is 4.78. The Balaban J connectivity index is 2.35. The Morgan fingerprint density at radius 3 is 2.81 bits per heavy atom. The predicted molar refractivity (Wildman–Crippen MR) is 68.1 cm³/mol. The monoisotopic (exact) mass is 279 g/mol. The molecule has 0 aliphatic carbocycles. The molecule has 0 aliphatic rings. The maximum absolute atomic E-state index is 4.17. The molecule has 0 spiro atoms. The normalized spacial score (nSPS) is 12.7. The molecule has 2 aromatic rings. The average molecular weight is 280 g/mol. The molecule has 1 aromatic heterocycles. The quantitative estimate of drug-likeness (QED) is 0.806. The molecule has 2 rings (SSSR count). The standard InChI is InChI=1S/C12H14BrN3/c1-3-10(13)11-8-16(15-14-11)12-7-5-4-6-9(12)2/h4-8,10H,3H2,1-2H3. The molecule has 0 saturated heterocycles. The molecule has 1 atom stereocenters. The number of aryl methyl sites for hydroxylation is 1. The van der Waals surface area contributed by atoms with E-state index in [1.165, 1.54) is 5.56 Å². The SMILES string of the molecule is CCC(Br)c1cn(-c2ccccc2C)nn1. The number of nitrogens with zero attached hydrogens (tertiary/aromatic N) is 3. The average Bonchev–Trinajstić information content (AvgIpc) is 2.78. The summed E-state index contributed by atoms with van der Waals surface area (Å²) in [5, 5.41) is 8.32. The highest BCUT2D eigenvalue weighted by Crippen LogP contribution is 2.24. The molecule has 1 unspecified atom stereocenters. The summed E-state index contributed by atoms with van der Waals surface area (Å²) in [6.07, 6.45) is 2.98. The summed E-state index contributed by atoms with van der Waals surface area (Å²) in [6, 6.07) is 8.15. The van der Waals surface area contributed by atoms with Crippen molar-refractivity contribution in [3.8, 4) is 5.69 Å². The summed E-state index contributed by atoms with van der Waals surface area (Å²) in [5.41, 5.74) is 3.25. The van der Waals surface area contributed by atoms with Gasteiger partial charge in [-0.15, -0.1) is 5.10 Å². The Labute approximate surface area is 104 Å². The Kier molecular flexibility index (Phi) is 3.39. The van der Waals surface area contributed by atoms with E-state index in [-0.39, 0.29) is 4.83 Å². The third kappa shape index (κ3) is 2.16. The second-order valence-corrected chi connectivity index (χ2v) is 4.86. The Morgan fingerprint density at radius 2 is 2.12 bits per heavy atom. The van der Waals surface area contributed by atoms with Crippen molar-refractivity contribution in [2.24, 2.45) is 0 Å². The highest BCUT2D eigenvalue weighted by molar-refractivity contribution is 9.09. The molecule has 0 aliphatic heterocycles. The first-order valence-electron chi connectivity index (χ1n) is 5.34. The molecule has 0 amide bonds. The van der Waals surface area contributed by atoms with E-state index in [0.717, 1.165) is 17.8 Å². The number of aromatic nitrogens is 3. The molecular formula is C12H14BrN3. The van der Waals surface area contributed by atoms with Crippen LogP contribution in [0.25, 0.3) is 5.69 Å². The van der Waals surface area contributed by atoms with Crippen LogP contribution in [0.1, 0.15) is 29.4 Å². The van der Waals surface area contributed by atoms with Gasteiger partial charge in [0.25, 0.3) is 0 Å². The van der Waals surface area contributed by atoms with Gasteiger partial charge in [0.2, 0.25) is 0 Å². The zero-order chi connectivity index (χ0) is 11.5. The molecule has 1 aromatic carbocycles. The lowest BCUT2D eigenvalue weighted by atomic mass is 10.2. The maximum atomic E-state index is 4.17. The van der Waals surface area contributed by atoms with Crippen LogP contribution in [0, 0.1) is 6.92 Å². The van der Waals surface area contributed by atoms with E-state index in [9.17, 15) is 0 Å². The summed E-state index contributed by atoms with van der Waals surface area (Å²) >= 11 is 3.57. The molecule has 84 valence electrons. The number of hydrogen-bond acceptors (Lipinski definition) is 2. The zero-order valence-corrected chi connectivity index (χ0v) is 11.0. The summed E-state index contributed by atoms with van der Waals surface area (Å²) in [4.78, 5) is 0.283. The van der Waals surface area contributed by atoms with Crippen LogP contribution in [-0.4, -0.2) is 15.0 Å². The Hall–Kier alpha value is -1.16. The third-order valence-electron chi connectivity index (χ3n) is 2.55. The Bertz CT molecular complexity index is 479. The van der Waals surface area contributed by atoms with Gasteiger partial charge < -0.3 is 0 Å². The molecule has 16 heavy (non-hydrogen) atoms. The van der Waals surface area contributed by atoms with Gasteiger partial charge in [-0.2, -0.15) is 0 Å². The lowest BCUT2D eigenvalue weighted by Gasteiger charge is -2.03. The minimum Gasteiger partial charge on any atom is -0.220 e. The van der Waals surface area contributed by atoms with Crippen LogP contribution in [0.5, 0.6) is 0 Å². The number of alkyl halides is 1. The van der Waals surface area contributed by atoms with Crippen LogP contribution in [0.4, 0.5) is 0 Å². The number of halogens is 1. The van der Waals surface area contributed by atoms with Crippen molar-refractivity contribution in [1.29, 1.82) is 0 Å². The van der Waals surface area contributed by atoms with Crippen molar-refractivity contribution in [2.45, 2.75) is 25.1 Å². The first-order valence-corrected chi connectivity index (χ1v) is 6.26. The van der Waals surface area contributed by atoms with Gasteiger partial charge in [-0.1, -0.05) is 46.3 Å². The lowest BCUT2D eigenvalue weighted by molar-refractivity contribution is 0.787. The molecule has 1 heterocycles. The van der Waals surface area contributed by atoms with Gasteiger partial charge in [-0.25, -0.2) is 4.68 Å². The van der Waals surface area contributed by atoms with E-state index in [1.807, 2.05) is 29.1 Å². The van der Waals surface area contributed by atoms with Crippen molar-refractivity contribution in [3.05, 3.63) is 41.7 Å². The highest BCUT2D eigenvalue weighted by Gasteiger charge is 2.10. The fourth-order valence-corrected chi connectivity index (χ4v) is 1.78. The second-order valence-electron chi connectivity index (χ2n) is 3.75. The summed E-state index contributed by atoms with van der Waals surface area (Å²) in [6.45, 7) is 4.19. The minimum absolute atomic E-state index is 0.283. The number of hydrogen-bond donors (Lipinski definition) is 0. The van der Waals surface area contributed by atoms with E-state index in [2.05, 4.69) is 46.2 Å². The number of rotatable bonds is 3. The van der Waals surface area contributed by atoms with E-state index >= 15 is 0 Å². The highest BCUT2D eigenvalue weighted by atomic mass is 79.9. The molecule has 0 N–H and O–H groups in total. The fourth-order valence-electron chi connectivity index (χ4n) is 1.57. The molecule has 4 heteroatoms. The number of benzene rings is 1. The Morgan fingerprint density at radius 1 is 1.38 bits per heavy atom. The summed E-state index contributed by atoms with van der Waals surface area (Å²) < 4.78 is 1.83. The van der Waals surface area contributed by atoms with Crippen LogP contribution < -0.4 is 0 Å². The van der Waals surface area contributed by atoms with Crippen LogP contribution >= 0.6 is 15.9 Å². The van der Waals surface area contributed by atoms with Gasteiger partial charge in [0.1, 0.15) is 0 Å². The van der Waals surface area contributed by atoms with Crippen molar-refractivity contribution < 1.29 is 0 Å². The third-order valence-corrected chi connectivity index (χ3v) is 3.67. The molecule has 0 fully saturated rings. The largest absolute Gasteiger partial charge is 0.220 e. The summed E-state index contributed by atoms with van der Waals surface area (Å²) in [7, 11) is 0. The van der Waals surface area contributed by atoms with Crippen molar-refractivity contribution in [1.82, 2.24) is 15.0 Å². The first-order chi connectivity index (χ1) is 7.72. The smallest absolute Gasteiger partial charge is 0.0967 e. The van der Waals surface area contributed by atoms with E-state index < -0.39 is 0 Å². The summed E-state index contributed by atoms with van der Waals surface area (Å²) in [5.74, 6) is 0. The molecule has 0 bridgehead atoms. The molecule has 0 radical (unpaired) electrons. The van der Waals surface area contributed by atoms with E-state index in [1.54, 1.807) is 0 Å². The first kappa shape index (κ1) is 11.3. The van der Waals surface area contributed by atoms with Gasteiger partial charge in [0.05, 0.1) is 22.4 Å². The van der Waals surface area contributed by atoms with Crippen LogP contribution in [0.15, 0.2) is 30.5 Å². The van der Waals surface area contributed by atoms with Gasteiger partial charge in [0, 0.05) is 0 Å². The van der Waals surface area contributed by atoms with Gasteiger partial charge >= 0.3 is 0 Å². The topological polar surface area (TPSA) is 30.7 Å². The van der Waals surface area contributed by atoms with Crippen molar-refractivity contribution in [2.75, 3.05) is 0 Å². The predicted octanol–water partition coefficient (Wildman–Crippen LogP) is 3.42. The van der Waals surface area contributed by atoms with E-state index in [0.29, 0.717) is 0 Å². The zero-order valence-electron chi connectivity index (χ0n) is 9.39. The van der Waals surface area contributed by atoms with Gasteiger partial charge in [0.15, 0.2) is 0 Å². The van der Waals surface area contributed by atoms with Gasteiger partial charge in [-0.3, -0.25) is 0 Å².